The molecule has 0 spiro atoms. The van der Waals surface area contributed by atoms with Gasteiger partial charge >= 0.3 is 0 Å². The average molecular weight is 659 g/mol. The zero-order chi connectivity index (χ0) is 34.4. The zero-order valence-corrected chi connectivity index (χ0v) is 28.6. The van der Waals surface area contributed by atoms with E-state index in [1.165, 1.54) is 98.4 Å². The van der Waals surface area contributed by atoms with E-state index in [9.17, 15) is 0 Å². The highest BCUT2D eigenvalue weighted by Gasteiger charge is 2.19. The molecular weight excluding hydrogens is 625 g/mol. The number of rotatable bonds is 5. The molecule has 0 aliphatic rings. The minimum Gasteiger partial charge on any atom is -0.0616 e. The number of hydrogen-bond donors (Lipinski definition) is 0. The van der Waals surface area contributed by atoms with Gasteiger partial charge in [0.25, 0.3) is 0 Å². The molecule has 0 heterocycles. The van der Waals surface area contributed by atoms with Gasteiger partial charge in [0.05, 0.1) is 0 Å². The van der Waals surface area contributed by atoms with Crippen molar-refractivity contribution in [3.05, 3.63) is 205 Å². The zero-order valence-electron chi connectivity index (χ0n) is 28.6. The molecular formula is C52H34. The van der Waals surface area contributed by atoms with E-state index in [0.717, 1.165) is 0 Å². The van der Waals surface area contributed by atoms with Gasteiger partial charge in [-0.2, -0.15) is 0 Å². The van der Waals surface area contributed by atoms with Crippen molar-refractivity contribution in [1.29, 1.82) is 0 Å². The van der Waals surface area contributed by atoms with Gasteiger partial charge in [0.1, 0.15) is 0 Å². The monoisotopic (exact) mass is 658 g/mol. The Labute approximate surface area is 303 Å². The van der Waals surface area contributed by atoms with Gasteiger partial charge in [-0.25, -0.2) is 0 Å². The first-order valence-corrected chi connectivity index (χ1v) is 18.0. The molecule has 0 saturated carbocycles. The molecule has 242 valence electrons. The van der Waals surface area contributed by atoms with Gasteiger partial charge in [0.15, 0.2) is 0 Å². The lowest BCUT2D eigenvalue weighted by Crippen LogP contribution is -1.93. The lowest BCUT2D eigenvalue weighted by Gasteiger charge is -2.20. The highest BCUT2D eigenvalue weighted by atomic mass is 14.2. The Morgan fingerprint density at radius 2 is 0.615 bits per heavy atom. The summed E-state index contributed by atoms with van der Waals surface area (Å²) in [6, 6.07) is 71.0. The average Bonchev–Trinajstić information content (AvgIpc) is 3.21. The molecule has 0 fully saturated rings. The fraction of sp³-hybridized carbons (Fsp3) is 0. The van der Waals surface area contributed by atoms with Crippen molar-refractivity contribution in [3.63, 3.8) is 0 Å². The molecule has 10 aromatic carbocycles. The molecule has 0 heteroatoms. The van der Waals surface area contributed by atoms with E-state index in [0.29, 0.717) is 0 Å². The number of fused-ring (bicyclic) bond motifs is 5. The largest absolute Gasteiger partial charge is 0.0616 e. The first-order valence-electron chi connectivity index (χ1n) is 18.0. The summed E-state index contributed by atoms with van der Waals surface area (Å²) in [5, 5.41) is 12.7. The topological polar surface area (TPSA) is 0 Å². The number of benzene rings is 10. The fourth-order valence-electron chi connectivity index (χ4n) is 8.10. The van der Waals surface area contributed by atoms with E-state index in [1.54, 1.807) is 0 Å². The quantitative estimate of drug-likeness (QED) is 0.128. The van der Waals surface area contributed by atoms with Gasteiger partial charge in [-0.1, -0.05) is 194 Å². The molecule has 0 N–H and O–H groups in total. The minimum absolute atomic E-state index is 1.18. The Balaban J connectivity index is 1.04. The Hall–Kier alpha value is -6.76. The van der Waals surface area contributed by atoms with Gasteiger partial charge in [-0.15, -0.1) is 0 Å². The van der Waals surface area contributed by atoms with Crippen LogP contribution in [0.2, 0.25) is 0 Å². The molecule has 0 unspecified atom stereocenters. The Kier molecular flexibility index (Phi) is 7.25. The van der Waals surface area contributed by atoms with Crippen molar-refractivity contribution in [2.24, 2.45) is 0 Å². The standard InChI is InChI=1S/C52H34/c1-2-12-40-33-41(32-31-37(40)11-1)38-27-23-35(24-28-38)21-22-36-25-29-39(30-26-36)50-46-17-7-9-19-48(46)52(49-20-10-8-18-47(49)50)51-44-15-5-3-13-42(44)34-43-14-4-6-16-45(43)51/h1-34H/b22-21+. The molecule has 52 heavy (non-hydrogen) atoms. The minimum atomic E-state index is 1.18. The summed E-state index contributed by atoms with van der Waals surface area (Å²) in [7, 11) is 0. The molecule has 0 aliphatic carbocycles. The van der Waals surface area contributed by atoms with Crippen LogP contribution < -0.4 is 0 Å². The third-order valence-electron chi connectivity index (χ3n) is 10.6. The summed E-state index contributed by atoms with van der Waals surface area (Å²) in [5.74, 6) is 0. The predicted octanol–water partition coefficient (Wildman–Crippen LogP) is 14.6. The van der Waals surface area contributed by atoms with Crippen LogP contribution >= 0.6 is 0 Å². The molecule has 0 bridgehead atoms. The maximum Gasteiger partial charge on any atom is -0.00139 e. The Bertz CT molecular complexity index is 2870. The molecule has 0 saturated heterocycles. The second-order valence-corrected chi connectivity index (χ2v) is 13.7. The first kappa shape index (κ1) is 30.1. The van der Waals surface area contributed by atoms with Crippen LogP contribution in [0.3, 0.4) is 0 Å². The van der Waals surface area contributed by atoms with Crippen molar-refractivity contribution < 1.29 is 0 Å². The van der Waals surface area contributed by atoms with Crippen molar-refractivity contribution in [1.82, 2.24) is 0 Å². The number of hydrogen-bond acceptors (Lipinski definition) is 0. The summed E-state index contributed by atoms with van der Waals surface area (Å²) >= 11 is 0. The Morgan fingerprint density at radius 3 is 1.15 bits per heavy atom. The van der Waals surface area contributed by atoms with Crippen LogP contribution in [0.5, 0.6) is 0 Å². The molecule has 10 aromatic rings. The predicted molar refractivity (Wildman–Crippen MR) is 226 cm³/mol. The van der Waals surface area contributed by atoms with Crippen molar-refractivity contribution >= 4 is 66.0 Å². The summed E-state index contributed by atoms with van der Waals surface area (Å²) in [6.45, 7) is 0. The van der Waals surface area contributed by atoms with E-state index in [2.05, 4.69) is 206 Å². The van der Waals surface area contributed by atoms with Crippen molar-refractivity contribution in [2.45, 2.75) is 0 Å². The van der Waals surface area contributed by atoms with Gasteiger partial charge in [0, 0.05) is 0 Å². The van der Waals surface area contributed by atoms with Gasteiger partial charge in [-0.3, -0.25) is 0 Å². The molecule has 10 rings (SSSR count). The second-order valence-electron chi connectivity index (χ2n) is 13.7. The lowest BCUT2D eigenvalue weighted by molar-refractivity contribution is 1.61. The summed E-state index contributed by atoms with van der Waals surface area (Å²) in [4.78, 5) is 0. The van der Waals surface area contributed by atoms with E-state index in [-0.39, 0.29) is 0 Å². The third kappa shape index (κ3) is 5.16. The molecule has 0 aromatic heterocycles. The summed E-state index contributed by atoms with van der Waals surface area (Å²) in [6.07, 6.45) is 4.41. The fourth-order valence-corrected chi connectivity index (χ4v) is 8.10. The van der Waals surface area contributed by atoms with E-state index in [4.69, 9.17) is 0 Å². The first-order chi connectivity index (χ1) is 25.8. The molecule has 0 radical (unpaired) electrons. The van der Waals surface area contributed by atoms with Crippen LogP contribution in [0.15, 0.2) is 194 Å². The van der Waals surface area contributed by atoms with E-state index >= 15 is 0 Å². The van der Waals surface area contributed by atoms with Crippen LogP contribution in [0, 0.1) is 0 Å². The van der Waals surface area contributed by atoms with Crippen LogP contribution in [0.1, 0.15) is 11.1 Å². The van der Waals surface area contributed by atoms with Crippen LogP contribution in [0.25, 0.3) is 99.4 Å². The van der Waals surface area contributed by atoms with Crippen molar-refractivity contribution in [3.8, 4) is 33.4 Å². The third-order valence-corrected chi connectivity index (χ3v) is 10.6. The van der Waals surface area contributed by atoms with E-state index in [1.807, 2.05) is 0 Å². The van der Waals surface area contributed by atoms with Gasteiger partial charge in [0.2, 0.25) is 0 Å². The highest BCUT2D eigenvalue weighted by molar-refractivity contribution is 6.27. The van der Waals surface area contributed by atoms with Gasteiger partial charge in [-0.05, 0) is 111 Å². The summed E-state index contributed by atoms with van der Waals surface area (Å²) in [5.41, 5.74) is 9.93. The molecule has 0 atom stereocenters. The van der Waals surface area contributed by atoms with Crippen LogP contribution in [0.4, 0.5) is 0 Å². The molecule has 0 nitrogen and oxygen atoms in total. The molecule has 0 amide bonds. The SMILES string of the molecule is C(=C\c1ccc(-c2c3ccccc3c(-c3c4ccccc4cc4ccccc34)c3ccccc23)cc1)/c1ccc(-c2ccc3ccccc3c2)cc1. The smallest absolute Gasteiger partial charge is 0.00139 e. The highest BCUT2D eigenvalue weighted by Crippen LogP contribution is 2.47. The van der Waals surface area contributed by atoms with Gasteiger partial charge < -0.3 is 0 Å². The van der Waals surface area contributed by atoms with Crippen molar-refractivity contribution in [2.75, 3.05) is 0 Å². The maximum absolute atomic E-state index is 2.32. The molecule has 0 aliphatic heterocycles. The lowest BCUT2D eigenvalue weighted by atomic mass is 9.83. The maximum atomic E-state index is 2.32. The second kappa shape index (κ2) is 12.5. The summed E-state index contributed by atoms with van der Waals surface area (Å²) < 4.78 is 0. The van der Waals surface area contributed by atoms with E-state index < -0.39 is 0 Å². The van der Waals surface area contributed by atoms with Crippen LogP contribution in [-0.4, -0.2) is 0 Å². The Morgan fingerprint density at radius 1 is 0.231 bits per heavy atom. The normalized spacial score (nSPS) is 11.8. The van der Waals surface area contributed by atoms with Crippen LogP contribution in [-0.2, 0) is 0 Å².